The second kappa shape index (κ2) is 5.97. The summed E-state index contributed by atoms with van der Waals surface area (Å²) in [4.78, 5) is 23.8. The summed E-state index contributed by atoms with van der Waals surface area (Å²) in [6.45, 7) is 0.814. The van der Waals surface area contributed by atoms with Crippen LogP contribution in [0.15, 0.2) is 17.5 Å². The first-order valence-corrected chi connectivity index (χ1v) is 6.86. The zero-order valence-electron chi connectivity index (χ0n) is 9.89. The molecule has 2 atom stereocenters. The zero-order chi connectivity index (χ0) is 13.0. The summed E-state index contributed by atoms with van der Waals surface area (Å²) in [5.74, 6) is -1.25. The van der Waals surface area contributed by atoms with Gasteiger partial charge < -0.3 is 15.7 Å². The Morgan fingerprint density at radius 1 is 1.50 bits per heavy atom. The van der Waals surface area contributed by atoms with Gasteiger partial charge in [0.25, 0.3) is 0 Å². The van der Waals surface area contributed by atoms with Crippen LogP contribution in [0, 0.1) is 0 Å². The standard InChI is InChI=1S/C12H16N2O3S/c15-11(8-4-1-2-6-13-8)14-10(12(16)17)9-5-3-7-18-9/h3,5,7-8,10,13H,1-2,4,6H2,(H,14,15)(H,16,17)/t8-,10?/m1/s1. The molecule has 1 aromatic rings. The first-order valence-electron chi connectivity index (χ1n) is 5.98. The molecule has 0 aromatic carbocycles. The fourth-order valence-corrected chi connectivity index (χ4v) is 2.80. The Bertz CT molecular complexity index is 413. The number of hydrogen-bond donors (Lipinski definition) is 3. The van der Waals surface area contributed by atoms with E-state index in [1.165, 1.54) is 11.3 Å². The highest BCUT2D eigenvalue weighted by molar-refractivity contribution is 7.10. The third-order valence-corrected chi connectivity index (χ3v) is 3.93. The number of carbonyl (C=O) groups excluding carboxylic acids is 1. The lowest BCUT2D eigenvalue weighted by molar-refractivity contribution is -0.142. The number of aliphatic carboxylic acids is 1. The van der Waals surface area contributed by atoms with Crippen LogP contribution in [0.1, 0.15) is 30.2 Å². The number of rotatable bonds is 4. The SMILES string of the molecule is O=C(O)C(NC(=O)[C@H]1CCCCN1)c1cccs1. The summed E-state index contributed by atoms with van der Waals surface area (Å²) in [5, 5.41) is 16.7. The highest BCUT2D eigenvalue weighted by atomic mass is 32.1. The average molecular weight is 268 g/mol. The van der Waals surface area contributed by atoms with E-state index in [1.807, 2.05) is 0 Å². The van der Waals surface area contributed by atoms with E-state index in [-0.39, 0.29) is 11.9 Å². The van der Waals surface area contributed by atoms with E-state index in [0.29, 0.717) is 4.88 Å². The Morgan fingerprint density at radius 3 is 2.89 bits per heavy atom. The normalized spacial score (nSPS) is 21.2. The van der Waals surface area contributed by atoms with Crippen molar-refractivity contribution in [2.75, 3.05) is 6.54 Å². The maximum Gasteiger partial charge on any atom is 0.331 e. The summed E-state index contributed by atoms with van der Waals surface area (Å²) < 4.78 is 0. The third-order valence-electron chi connectivity index (χ3n) is 2.99. The lowest BCUT2D eigenvalue weighted by Gasteiger charge is -2.24. The van der Waals surface area contributed by atoms with Crippen molar-refractivity contribution in [3.63, 3.8) is 0 Å². The molecule has 5 nitrogen and oxygen atoms in total. The second-order valence-electron chi connectivity index (χ2n) is 4.30. The first kappa shape index (κ1) is 13.0. The van der Waals surface area contributed by atoms with Crippen molar-refractivity contribution in [1.29, 1.82) is 0 Å². The molecule has 1 aliphatic rings. The Balaban J connectivity index is 2.00. The van der Waals surface area contributed by atoms with Gasteiger partial charge in [0.2, 0.25) is 5.91 Å². The minimum Gasteiger partial charge on any atom is -0.479 e. The van der Waals surface area contributed by atoms with E-state index in [0.717, 1.165) is 25.8 Å². The van der Waals surface area contributed by atoms with Crippen molar-refractivity contribution in [3.05, 3.63) is 22.4 Å². The van der Waals surface area contributed by atoms with E-state index in [4.69, 9.17) is 5.11 Å². The van der Waals surface area contributed by atoms with Crippen molar-refractivity contribution < 1.29 is 14.7 Å². The predicted octanol–water partition coefficient (Wildman–Crippen LogP) is 1.13. The largest absolute Gasteiger partial charge is 0.479 e. The van der Waals surface area contributed by atoms with Crippen LogP contribution in [0.25, 0.3) is 0 Å². The van der Waals surface area contributed by atoms with Gasteiger partial charge >= 0.3 is 5.97 Å². The van der Waals surface area contributed by atoms with Crippen LogP contribution >= 0.6 is 11.3 Å². The van der Waals surface area contributed by atoms with Crippen LogP contribution in [-0.2, 0) is 9.59 Å². The summed E-state index contributed by atoms with van der Waals surface area (Å²) >= 11 is 1.33. The Morgan fingerprint density at radius 2 is 2.33 bits per heavy atom. The molecule has 0 bridgehead atoms. The van der Waals surface area contributed by atoms with Crippen LogP contribution in [0.3, 0.4) is 0 Å². The van der Waals surface area contributed by atoms with Gasteiger partial charge in [-0.25, -0.2) is 4.79 Å². The van der Waals surface area contributed by atoms with E-state index >= 15 is 0 Å². The van der Waals surface area contributed by atoms with Crippen LogP contribution < -0.4 is 10.6 Å². The minimum absolute atomic E-state index is 0.226. The molecule has 2 rings (SSSR count). The predicted molar refractivity (Wildman–Crippen MR) is 68.5 cm³/mol. The first-order chi connectivity index (χ1) is 8.68. The van der Waals surface area contributed by atoms with Crippen LogP contribution in [-0.4, -0.2) is 29.6 Å². The van der Waals surface area contributed by atoms with Gasteiger partial charge in [-0.1, -0.05) is 12.5 Å². The van der Waals surface area contributed by atoms with Gasteiger partial charge in [0.05, 0.1) is 6.04 Å². The van der Waals surface area contributed by atoms with Gasteiger partial charge in [0.1, 0.15) is 0 Å². The molecular weight excluding hydrogens is 252 g/mol. The van der Waals surface area contributed by atoms with Crippen molar-refractivity contribution >= 4 is 23.2 Å². The molecule has 0 aliphatic carbocycles. The molecule has 3 N–H and O–H groups in total. The number of nitrogens with one attached hydrogen (secondary N) is 2. The van der Waals surface area contributed by atoms with Crippen molar-refractivity contribution in [1.82, 2.24) is 10.6 Å². The molecule has 0 radical (unpaired) electrons. The molecule has 1 unspecified atom stereocenters. The number of thiophene rings is 1. The number of carboxylic acid groups (broad SMARTS) is 1. The monoisotopic (exact) mass is 268 g/mol. The topological polar surface area (TPSA) is 78.4 Å². The van der Waals surface area contributed by atoms with Crippen molar-refractivity contribution in [2.45, 2.75) is 31.3 Å². The molecule has 0 saturated carbocycles. The molecule has 1 aromatic heterocycles. The summed E-state index contributed by atoms with van der Waals surface area (Å²) in [6.07, 6.45) is 2.83. The van der Waals surface area contributed by atoms with Crippen LogP contribution in [0.2, 0.25) is 0 Å². The Kier molecular flexibility index (Phi) is 4.33. The molecule has 98 valence electrons. The minimum atomic E-state index is -1.03. The third kappa shape index (κ3) is 3.08. The summed E-state index contributed by atoms with van der Waals surface area (Å²) in [6, 6.07) is 2.29. The van der Waals surface area contributed by atoms with Gasteiger partial charge in [0, 0.05) is 4.88 Å². The Hall–Kier alpha value is -1.40. The molecule has 1 fully saturated rings. The Labute approximate surface area is 109 Å². The van der Waals surface area contributed by atoms with Gasteiger partial charge in [-0.15, -0.1) is 11.3 Å². The highest BCUT2D eigenvalue weighted by Gasteiger charge is 2.27. The van der Waals surface area contributed by atoms with E-state index in [2.05, 4.69) is 10.6 Å². The average Bonchev–Trinajstić information content (AvgIpc) is 2.90. The fraction of sp³-hybridized carbons (Fsp3) is 0.500. The lowest BCUT2D eigenvalue weighted by Crippen LogP contribution is -2.48. The van der Waals surface area contributed by atoms with Gasteiger partial charge in [-0.3, -0.25) is 4.79 Å². The zero-order valence-corrected chi connectivity index (χ0v) is 10.7. The fourth-order valence-electron chi connectivity index (χ4n) is 2.03. The molecule has 6 heteroatoms. The quantitative estimate of drug-likeness (QED) is 0.765. The molecule has 2 heterocycles. The van der Waals surface area contributed by atoms with Crippen LogP contribution in [0.5, 0.6) is 0 Å². The van der Waals surface area contributed by atoms with E-state index in [9.17, 15) is 9.59 Å². The van der Waals surface area contributed by atoms with Gasteiger partial charge in [-0.05, 0) is 30.8 Å². The molecular formula is C12H16N2O3S. The summed E-state index contributed by atoms with van der Waals surface area (Å²) in [7, 11) is 0. The molecule has 18 heavy (non-hydrogen) atoms. The van der Waals surface area contributed by atoms with Crippen molar-refractivity contribution in [2.24, 2.45) is 0 Å². The van der Waals surface area contributed by atoms with Crippen molar-refractivity contribution in [3.8, 4) is 0 Å². The molecule has 1 saturated heterocycles. The molecule has 1 amide bonds. The molecule has 1 aliphatic heterocycles. The lowest BCUT2D eigenvalue weighted by atomic mass is 10.0. The number of amides is 1. The van der Waals surface area contributed by atoms with Gasteiger partial charge in [-0.2, -0.15) is 0 Å². The maximum atomic E-state index is 12.0. The second-order valence-corrected chi connectivity index (χ2v) is 5.28. The smallest absolute Gasteiger partial charge is 0.331 e. The molecule has 0 spiro atoms. The number of carbonyl (C=O) groups is 2. The maximum absolute atomic E-state index is 12.0. The van der Waals surface area contributed by atoms with E-state index < -0.39 is 12.0 Å². The number of piperidine rings is 1. The number of hydrogen-bond acceptors (Lipinski definition) is 4. The van der Waals surface area contributed by atoms with Crippen LogP contribution in [0.4, 0.5) is 0 Å². The van der Waals surface area contributed by atoms with E-state index in [1.54, 1.807) is 17.5 Å². The summed E-state index contributed by atoms with van der Waals surface area (Å²) in [5.41, 5.74) is 0. The van der Waals surface area contributed by atoms with Gasteiger partial charge in [0.15, 0.2) is 6.04 Å². The number of carboxylic acids is 1. The highest BCUT2D eigenvalue weighted by Crippen LogP contribution is 2.19.